The third-order valence-electron chi connectivity index (χ3n) is 1.87. The molecule has 0 amide bonds. The van der Waals surface area contributed by atoms with Gasteiger partial charge in [-0.15, -0.1) is 0 Å². The van der Waals surface area contributed by atoms with Crippen LogP contribution in [0.25, 0.3) is 0 Å². The van der Waals surface area contributed by atoms with E-state index in [1.165, 1.54) is 0 Å². The molecule has 6 nitrogen and oxygen atoms in total. The van der Waals surface area contributed by atoms with Crippen LogP contribution in [0.5, 0.6) is 0 Å². The highest BCUT2D eigenvalue weighted by Crippen LogP contribution is 1.92. The number of nitrogens with zero attached hydrogens (tertiary/aromatic N) is 1. The first-order valence-electron chi connectivity index (χ1n) is 5.04. The summed E-state index contributed by atoms with van der Waals surface area (Å²) < 4.78 is 0. The van der Waals surface area contributed by atoms with Gasteiger partial charge in [-0.2, -0.15) is 0 Å². The van der Waals surface area contributed by atoms with E-state index < -0.39 is 12.0 Å². The minimum absolute atomic E-state index is 0.464. The van der Waals surface area contributed by atoms with Gasteiger partial charge in [0.1, 0.15) is 6.04 Å². The summed E-state index contributed by atoms with van der Waals surface area (Å²) >= 11 is 0. The molecule has 15 heavy (non-hydrogen) atoms. The molecule has 0 fully saturated rings. The molecule has 0 rings (SSSR count). The molecule has 6 heteroatoms. The van der Waals surface area contributed by atoms with E-state index in [4.69, 9.17) is 10.8 Å². The van der Waals surface area contributed by atoms with E-state index in [2.05, 4.69) is 15.6 Å². The number of nitrogens with one attached hydrogen (secondary N) is 2. The molecule has 0 saturated carbocycles. The third-order valence-corrected chi connectivity index (χ3v) is 1.87. The molecule has 0 aliphatic rings. The number of hydrogen-bond donors (Lipinski definition) is 4. The van der Waals surface area contributed by atoms with Crippen LogP contribution in [0.3, 0.4) is 0 Å². The van der Waals surface area contributed by atoms with Crippen LogP contribution in [-0.4, -0.2) is 43.2 Å². The Morgan fingerprint density at radius 2 is 2.20 bits per heavy atom. The van der Waals surface area contributed by atoms with Gasteiger partial charge in [-0.25, -0.2) is 0 Å². The number of carbonyl (C=O) groups is 1. The van der Waals surface area contributed by atoms with Gasteiger partial charge in [-0.3, -0.25) is 9.79 Å². The molecule has 0 aliphatic heterocycles. The van der Waals surface area contributed by atoms with Gasteiger partial charge in [0.05, 0.1) is 0 Å². The molecule has 0 aromatic carbocycles. The van der Waals surface area contributed by atoms with Gasteiger partial charge >= 0.3 is 5.97 Å². The molecule has 0 bridgehead atoms. The Morgan fingerprint density at radius 3 is 2.67 bits per heavy atom. The fourth-order valence-electron chi connectivity index (χ4n) is 1.04. The zero-order valence-corrected chi connectivity index (χ0v) is 9.29. The lowest BCUT2D eigenvalue weighted by Gasteiger charge is -2.10. The van der Waals surface area contributed by atoms with Crippen LogP contribution in [0.15, 0.2) is 4.99 Å². The van der Waals surface area contributed by atoms with Crippen molar-refractivity contribution in [2.75, 3.05) is 20.1 Å². The Bertz CT molecular complexity index is 218. The van der Waals surface area contributed by atoms with Crippen molar-refractivity contribution >= 4 is 11.9 Å². The molecule has 0 aliphatic carbocycles. The van der Waals surface area contributed by atoms with E-state index in [0.29, 0.717) is 19.4 Å². The van der Waals surface area contributed by atoms with Gasteiger partial charge in [-0.05, 0) is 19.8 Å². The maximum Gasteiger partial charge on any atom is 0.320 e. The van der Waals surface area contributed by atoms with Gasteiger partial charge in [0.25, 0.3) is 0 Å². The largest absolute Gasteiger partial charge is 0.480 e. The standard InChI is InChI=1S/C9H20N4O2/c1-3-12-9(11-2)13-6-4-5-7(10)8(14)15/h7H,3-6,10H2,1-2H3,(H,14,15)(H2,11,12,13)/t7-/m0/s1. The lowest BCUT2D eigenvalue weighted by atomic mass is 10.2. The fourth-order valence-corrected chi connectivity index (χ4v) is 1.04. The SMILES string of the molecule is CCNC(=NC)NCCC[C@H](N)C(=O)O. The lowest BCUT2D eigenvalue weighted by Crippen LogP contribution is -2.38. The molecule has 0 aromatic heterocycles. The van der Waals surface area contributed by atoms with E-state index in [-0.39, 0.29) is 0 Å². The maximum atomic E-state index is 10.4. The smallest absolute Gasteiger partial charge is 0.320 e. The quantitative estimate of drug-likeness (QED) is 0.269. The Hall–Kier alpha value is -1.30. The Balaban J connectivity index is 3.57. The van der Waals surface area contributed by atoms with E-state index in [9.17, 15) is 4.79 Å². The van der Waals surface area contributed by atoms with E-state index in [0.717, 1.165) is 12.5 Å². The van der Waals surface area contributed by atoms with Gasteiger partial charge in [0, 0.05) is 20.1 Å². The van der Waals surface area contributed by atoms with Crippen molar-refractivity contribution in [3.05, 3.63) is 0 Å². The molecule has 0 saturated heterocycles. The first kappa shape index (κ1) is 13.7. The number of guanidine groups is 1. The number of carboxylic acids is 1. The number of nitrogens with two attached hydrogens (primary N) is 1. The highest BCUT2D eigenvalue weighted by molar-refractivity contribution is 5.79. The van der Waals surface area contributed by atoms with Crippen LogP contribution in [-0.2, 0) is 4.79 Å². The molecule has 0 unspecified atom stereocenters. The second-order valence-electron chi connectivity index (χ2n) is 3.12. The molecule has 1 atom stereocenters. The molecule has 5 N–H and O–H groups in total. The Labute approximate surface area is 89.9 Å². The molecular weight excluding hydrogens is 196 g/mol. The summed E-state index contributed by atoms with van der Waals surface area (Å²) in [5.41, 5.74) is 5.35. The topological polar surface area (TPSA) is 99.7 Å². The van der Waals surface area contributed by atoms with Crippen LogP contribution >= 0.6 is 0 Å². The fraction of sp³-hybridized carbons (Fsp3) is 0.778. The summed E-state index contributed by atoms with van der Waals surface area (Å²) in [5.74, 6) is -0.229. The van der Waals surface area contributed by atoms with Crippen molar-refractivity contribution in [2.24, 2.45) is 10.7 Å². The molecule has 0 heterocycles. The number of aliphatic carboxylic acids is 1. The van der Waals surface area contributed by atoms with Crippen molar-refractivity contribution in [1.29, 1.82) is 0 Å². The maximum absolute atomic E-state index is 10.4. The van der Waals surface area contributed by atoms with Gasteiger partial charge in [-0.1, -0.05) is 0 Å². The summed E-state index contributed by atoms with van der Waals surface area (Å²) in [6.07, 6.45) is 1.17. The van der Waals surface area contributed by atoms with Gasteiger partial charge in [0.15, 0.2) is 5.96 Å². The molecule has 88 valence electrons. The molecule has 0 spiro atoms. The van der Waals surface area contributed by atoms with Crippen LogP contribution in [0.1, 0.15) is 19.8 Å². The summed E-state index contributed by atoms with van der Waals surface area (Å²) in [5, 5.41) is 14.6. The Morgan fingerprint density at radius 1 is 1.53 bits per heavy atom. The number of aliphatic imine (C=N–C) groups is 1. The summed E-state index contributed by atoms with van der Waals surface area (Å²) in [6, 6.07) is -0.770. The minimum atomic E-state index is -0.953. The van der Waals surface area contributed by atoms with Crippen LogP contribution in [0.2, 0.25) is 0 Å². The van der Waals surface area contributed by atoms with Crippen LogP contribution in [0, 0.1) is 0 Å². The van der Waals surface area contributed by atoms with Crippen LogP contribution < -0.4 is 16.4 Å². The normalized spacial score (nSPS) is 13.4. The number of hydrogen-bond acceptors (Lipinski definition) is 3. The second-order valence-corrected chi connectivity index (χ2v) is 3.12. The van der Waals surface area contributed by atoms with Gasteiger partial charge < -0.3 is 21.5 Å². The van der Waals surface area contributed by atoms with E-state index in [1.54, 1.807) is 7.05 Å². The molecular formula is C9H20N4O2. The highest BCUT2D eigenvalue weighted by Gasteiger charge is 2.09. The lowest BCUT2D eigenvalue weighted by molar-refractivity contribution is -0.138. The average molecular weight is 216 g/mol. The zero-order chi connectivity index (χ0) is 11.7. The zero-order valence-electron chi connectivity index (χ0n) is 9.29. The monoisotopic (exact) mass is 216 g/mol. The predicted molar refractivity (Wildman–Crippen MR) is 59.9 cm³/mol. The van der Waals surface area contributed by atoms with Crippen molar-refractivity contribution in [3.63, 3.8) is 0 Å². The summed E-state index contributed by atoms with van der Waals surface area (Å²) in [7, 11) is 1.69. The average Bonchev–Trinajstić information content (AvgIpc) is 2.22. The van der Waals surface area contributed by atoms with Crippen LogP contribution in [0.4, 0.5) is 0 Å². The highest BCUT2D eigenvalue weighted by atomic mass is 16.4. The van der Waals surface area contributed by atoms with Gasteiger partial charge in [0.2, 0.25) is 0 Å². The van der Waals surface area contributed by atoms with E-state index >= 15 is 0 Å². The second kappa shape index (κ2) is 8.05. The minimum Gasteiger partial charge on any atom is -0.480 e. The van der Waals surface area contributed by atoms with Crippen molar-refractivity contribution in [2.45, 2.75) is 25.8 Å². The summed E-state index contributed by atoms with van der Waals surface area (Å²) in [6.45, 7) is 3.45. The van der Waals surface area contributed by atoms with Crippen molar-refractivity contribution < 1.29 is 9.90 Å². The molecule has 0 aromatic rings. The molecule has 0 radical (unpaired) electrons. The van der Waals surface area contributed by atoms with Crippen molar-refractivity contribution in [1.82, 2.24) is 10.6 Å². The van der Waals surface area contributed by atoms with Crippen molar-refractivity contribution in [3.8, 4) is 0 Å². The third kappa shape index (κ3) is 6.73. The predicted octanol–water partition coefficient (Wildman–Crippen LogP) is -0.637. The Kier molecular flexibility index (Phi) is 7.35. The first-order chi connectivity index (χ1) is 7.11. The van der Waals surface area contributed by atoms with E-state index in [1.807, 2.05) is 6.92 Å². The first-order valence-corrected chi connectivity index (χ1v) is 5.04. The summed E-state index contributed by atoms with van der Waals surface area (Å²) in [4.78, 5) is 14.4. The number of rotatable bonds is 6. The number of carboxylic acid groups (broad SMARTS) is 1.